The number of nitrogens with zero attached hydrogens (tertiary/aromatic N) is 3. The number of para-hydroxylation sites is 2. The highest BCUT2D eigenvalue weighted by molar-refractivity contribution is 6.32. The zero-order valence-corrected chi connectivity index (χ0v) is 19.0. The lowest BCUT2D eigenvalue weighted by atomic mass is 10.1. The van der Waals surface area contributed by atoms with Crippen molar-refractivity contribution in [2.45, 2.75) is 20.4 Å². The van der Waals surface area contributed by atoms with Crippen molar-refractivity contribution in [2.24, 2.45) is 5.10 Å². The van der Waals surface area contributed by atoms with E-state index in [9.17, 15) is 9.59 Å². The van der Waals surface area contributed by atoms with Crippen LogP contribution in [0.3, 0.4) is 0 Å². The van der Waals surface area contributed by atoms with Crippen molar-refractivity contribution in [3.8, 4) is 0 Å². The summed E-state index contributed by atoms with van der Waals surface area (Å²) in [5, 5.41) is 9.81. The predicted octanol–water partition coefficient (Wildman–Crippen LogP) is 5.39. The van der Waals surface area contributed by atoms with Gasteiger partial charge in [-0.2, -0.15) is 10.1 Å². The Morgan fingerprint density at radius 2 is 1.65 bits per heavy atom. The molecule has 0 radical (unpaired) electrons. The van der Waals surface area contributed by atoms with Gasteiger partial charge >= 0.3 is 0 Å². The number of carbonyl (C=O) groups excluding carboxylic acids is 2. The number of amides is 2. The molecule has 168 valence electrons. The van der Waals surface area contributed by atoms with Crippen molar-refractivity contribution >= 4 is 45.9 Å². The number of hydrazone groups is 1. The zero-order valence-electron chi connectivity index (χ0n) is 19.0. The molecule has 1 aliphatic heterocycles. The summed E-state index contributed by atoms with van der Waals surface area (Å²) in [6, 6.07) is 25.0. The Morgan fingerprint density at radius 1 is 0.941 bits per heavy atom. The lowest BCUT2D eigenvalue weighted by molar-refractivity contribution is -0.116. The predicted molar refractivity (Wildman–Crippen MR) is 137 cm³/mol. The number of carbonyl (C=O) groups is 2. The van der Waals surface area contributed by atoms with Crippen molar-refractivity contribution in [1.82, 2.24) is 4.57 Å². The van der Waals surface area contributed by atoms with Gasteiger partial charge in [0.25, 0.3) is 5.91 Å². The first kappa shape index (κ1) is 21.4. The van der Waals surface area contributed by atoms with Crippen molar-refractivity contribution in [2.75, 3.05) is 10.3 Å². The minimum atomic E-state index is -0.169. The molecule has 3 aromatic carbocycles. The fourth-order valence-electron chi connectivity index (χ4n) is 4.10. The lowest BCUT2D eigenvalue weighted by Gasteiger charge is -2.10. The normalized spacial score (nSPS) is 14.6. The zero-order chi connectivity index (χ0) is 23.7. The number of aromatic nitrogens is 1. The molecule has 6 heteroatoms. The van der Waals surface area contributed by atoms with Gasteiger partial charge in [-0.25, -0.2) is 0 Å². The quantitative estimate of drug-likeness (QED) is 0.416. The van der Waals surface area contributed by atoms with E-state index in [2.05, 4.69) is 10.4 Å². The average Bonchev–Trinajstić information content (AvgIpc) is 3.33. The molecule has 0 aliphatic carbocycles. The molecule has 0 atom stereocenters. The second kappa shape index (κ2) is 8.83. The second-order valence-corrected chi connectivity index (χ2v) is 8.34. The summed E-state index contributed by atoms with van der Waals surface area (Å²) < 4.78 is 1.91. The van der Waals surface area contributed by atoms with Gasteiger partial charge in [-0.3, -0.25) is 9.59 Å². The maximum Gasteiger partial charge on any atom is 0.280 e. The standard InChI is InChI=1S/C28H24N4O2/c1-19-12-14-22(15-13-19)29-27(33)18-31-17-21(24-10-6-7-11-26(24)31)16-25-20(2)30-32(28(25)34)23-8-4-3-5-9-23/h3-17H,18H2,1-2H3,(H,29,33)/b25-16+. The highest BCUT2D eigenvalue weighted by atomic mass is 16.2. The van der Waals surface area contributed by atoms with Crippen LogP contribution in [0.1, 0.15) is 18.1 Å². The molecule has 2 amide bonds. The molecule has 0 unspecified atom stereocenters. The van der Waals surface area contributed by atoms with Crippen LogP contribution in [0.4, 0.5) is 11.4 Å². The van der Waals surface area contributed by atoms with Gasteiger partial charge in [0.15, 0.2) is 0 Å². The van der Waals surface area contributed by atoms with E-state index in [1.807, 2.05) is 110 Å². The van der Waals surface area contributed by atoms with Crippen LogP contribution in [0, 0.1) is 6.92 Å². The van der Waals surface area contributed by atoms with Crippen molar-refractivity contribution in [3.63, 3.8) is 0 Å². The summed E-state index contributed by atoms with van der Waals surface area (Å²) in [5.41, 5.74) is 5.61. The molecule has 4 aromatic rings. The summed E-state index contributed by atoms with van der Waals surface area (Å²) >= 11 is 0. The minimum absolute atomic E-state index is 0.117. The van der Waals surface area contributed by atoms with Gasteiger partial charge < -0.3 is 9.88 Å². The van der Waals surface area contributed by atoms with Gasteiger partial charge in [-0.1, -0.05) is 54.1 Å². The van der Waals surface area contributed by atoms with Crippen LogP contribution < -0.4 is 10.3 Å². The molecule has 1 N–H and O–H groups in total. The van der Waals surface area contributed by atoms with Crippen LogP contribution in [-0.4, -0.2) is 22.1 Å². The number of fused-ring (bicyclic) bond motifs is 1. The molecule has 6 nitrogen and oxygen atoms in total. The molecule has 0 bridgehead atoms. The van der Waals surface area contributed by atoms with E-state index in [0.717, 1.165) is 33.4 Å². The third-order valence-electron chi connectivity index (χ3n) is 5.83. The third kappa shape index (κ3) is 4.13. The highest BCUT2D eigenvalue weighted by Gasteiger charge is 2.29. The largest absolute Gasteiger partial charge is 0.337 e. The molecule has 0 fully saturated rings. The van der Waals surface area contributed by atoms with E-state index in [4.69, 9.17) is 0 Å². The Kier molecular flexibility index (Phi) is 5.55. The molecule has 5 rings (SSSR count). The summed E-state index contributed by atoms with van der Waals surface area (Å²) in [7, 11) is 0. The number of hydrogen-bond donors (Lipinski definition) is 1. The van der Waals surface area contributed by atoms with Gasteiger partial charge in [-0.15, -0.1) is 0 Å². The lowest BCUT2D eigenvalue weighted by Crippen LogP contribution is -2.21. The Bertz CT molecular complexity index is 1450. The van der Waals surface area contributed by atoms with Gasteiger partial charge in [0.1, 0.15) is 6.54 Å². The summed E-state index contributed by atoms with van der Waals surface area (Å²) in [6.45, 7) is 4.00. The maximum absolute atomic E-state index is 13.1. The number of nitrogens with one attached hydrogen (secondary N) is 1. The van der Waals surface area contributed by atoms with Crippen LogP contribution in [0.15, 0.2) is 95.7 Å². The molecule has 0 saturated heterocycles. The Balaban J connectivity index is 1.44. The summed E-state index contributed by atoms with van der Waals surface area (Å²) in [6.07, 6.45) is 3.78. The molecule has 34 heavy (non-hydrogen) atoms. The van der Waals surface area contributed by atoms with Crippen LogP contribution in [-0.2, 0) is 16.1 Å². The minimum Gasteiger partial charge on any atom is -0.337 e. The van der Waals surface area contributed by atoms with E-state index < -0.39 is 0 Å². The van der Waals surface area contributed by atoms with E-state index in [1.54, 1.807) is 0 Å². The van der Waals surface area contributed by atoms with E-state index in [0.29, 0.717) is 11.3 Å². The third-order valence-corrected chi connectivity index (χ3v) is 5.83. The van der Waals surface area contributed by atoms with Crippen molar-refractivity contribution in [3.05, 3.63) is 102 Å². The molecule has 2 heterocycles. The molecule has 1 aromatic heterocycles. The second-order valence-electron chi connectivity index (χ2n) is 8.34. The molecule has 0 spiro atoms. The van der Waals surface area contributed by atoms with Crippen LogP contribution >= 0.6 is 0 Å². The molecule has 0 saturated carbocycles. The van der Waals surface area contributed by atoms with E-state index >= 15 is 0 Å². The monoisotopic (exact) mass is 448 g/mol. The number of hydrogen-bond acceptors (Lipinski definition) is 3. The maximum atomic E-state index is 13.1. The van der Waals surface area contributed by atoms with E-state index in [1.165, 1.54) is 5.01 Å². The first-order chi connectivity index (χ1) is 16.5. The van der Waals surface area contributed by atoms with Gasteiger partial charge in [0.2, 0.25) is 5.91 Å². The van der Waals surface area contributed by atoms with Crippen LogP contribution in [0.2, 0.25) is 0 Å². The topological polar surface area (TPSA) is 66.7 Å². The molecule has 1 aliphatic rings. The van der Waals surface area contributed by atoms with Crippen molar-refractivity contribution < 1.29 is 9.59 Å². The summed E-state index contributed by atoms with van der Waals surface area (Å²) in [4.78, 5) is 25.9. The fraction of sp³-hybridized carbons (Fsp3) is 0.107. The fourth-order valence-corrected chi connectivity index (χ4v) is 4.10. The van der Waals surface area contributed by atoms with Crippen LogP contribution in [0.5, 0.6) is 0 Å². The molecular formula is C28H24N4O2. The number of rotatable bonds is 5. The van der Waals surface area contributed by atoms with Gasteiger partial charge in [0, 0.05) is 28.4 Å². The Morgan fingerprint density at radius 3 is 2.41 bits per heavy atom. The van der Waals surface area contributed by atoms with Gasteiger partial charge in [-0.05, 0) is 50.3 Å². The van der Waals surface area contributed by atoms with Gasteiger partial charge in [0.05, 0.1) is 17.0 Å². The summed E-state index contributed by atoms with van der Waals surface area (Å²) in [5.74, 6) is -0.286. The highest BCUT2D eigenvalue weighted by Crippen LogP contribution is 2.28. The van der Waals surface area contributed by atoms with Crippen molar-refractivity contribution in [1.29, 1.82) is 0 Å². The smallest absolute Gasteiger partial charge is 0.280 e. The Hall–Kier alpha value is -4.45. The Labute approximate surface area is 197 Å². The number of anilines is 2. The number of benzene rings is 3. The first-order valence-electron chi connectivity index (χ1n) is 11.1. The first-order valence-corrected chi connectivity index (χ1v) is 11.1. The molecular weight excluding hydrogens is 424 g/mol. The van der Waals surface area contributed by atoms with E-state index in [-0.39, 0.29) is 18.4 Å². The van der Waals surface area contributed by atoms with Crippen LogP contribution in [0.25, 0.3) is 17.0 Å². The average molecular weight is 449 g/mol. The SMILES string of the molecule is CC1=NN(c2ccccc2)C(=O)/C1=C/c1cn(CC(=O)Nc2ccc(C)cc2)c2ccccc12. The number of aryl methyl sites for hydroxylation is 1.